The lowest BCUT2D eigenvalue weighted by molar-refractivity contribution is 0.427. The molecule has 1 saturated heterocycles. The summed E-state index contributed by atoms with van der Waals surface area (Å²) >= 11 is 0. The molecule has 2 heterocycles. The van der Waals surface area contributed by atoms with Crippen molar-refractivity contribution >= 4 is 0 Å². The first-order valence-electron chi connectivity index (χ1n) is 7.46. The first-order valence-corrected chi connectivity index (χ1v) is 7.46. The second-order valence-electron chi connectivity index (χ2n) is 5.83. The van der Waals surface area contributed by atoms with E-state index in [4.69, 9.17) is 4.98 Å². The zero-order valence-corrected chi connectivity index (χ0v) is 11.4. The third kappa shape index (κ3) is 2.44. The fraction of sp³-hybridized carbons (Fsp3) is 0.857. The van der Waals surface area contributed by atoms with Gasteiger partial charge in [0.1, 0.15) is 5.82 Å². The Morgan fingerprint density at radius 1 is 1.06 bits per heavy atom. The van der Waals surface area contributed by atoms with E-state index in [-0.39, 0.29) is 0 Å². The molecule has 1 aliphatic heterocycles. The highest BCUT2D eigenvalue weighted by molar-refractivity contribution is 5.06. The van der Waals surface area contributed by atoms with Crippen LogP contribution in [0.1, 0.15) is 68.4 Å². The maximum atomic E-state index is 4.87. The van der Waals surface area contributed by atoms with Gasteiger partial charge in [-0.3, -0.25) is 4.68 Å². The highest BCUT2D eigenvalue weighted by Gasteiger charge is 2.25. The van der Waals surface area contributed by atoms with Crippen molar-refractivity contribution in [3.63, 3.8) is 0 Å². The fourth-order valence-electron chi connectivity index (χ4n) is 3.38. The van der Waals surface area contributed by atoms with Crippen LogP contribution in [0.2, 0.25) is 0 Å². The average molecular weight is 248 g/mol. The lowest BCUT2D eigenvalue weighted by atomic mass is 9.89. The lowest BCUT2D eigenvalue weighted by Gasteiger charge is -2.21. The van der Waals surface area contributed by atoms with Gasteiger partial charge in [0.05, 0.1) is 0 Å². The molecule has 0 bridgehead atoms. The minimum atomic E-state index is 0.564. The summed E-state index contributed by atoms with van der Waals surface area (Å²) in [7, 11) is 2.06. The van der Waals surface area contributed by atoms with Gasteiger partial charge in [0.25, 0.3) is 0 Å². The van der Waals surface area contributed by atoms with Crippen LogP contribution in [-0.4, -0.2) is 27.9 Å². The van der Waals surface area contributed by atoms with E-state index in [2.05, 4.69) is 17.5 Å². The number of nitrogens with zero attached hydrogens (tertiary/aromatic N) is 3. The number of hydrogen-bond acceptors (Lipinski definition) is 3. The molecule has 4 nitrogen and oxygen atoms in total. The Kier molecular flexibility index (Phi) is 3.64. The van der Waals surface area contributed by atoms with Gasteiger partial charge in [0, 0.05) is 25.4 Å². The van der Waals surface area contributed by atoms with Gasteiger partial charge in [0.2, 0.25) is 0 Å². The molecule has 100 valence electrons. The number of aromatic nitrogens is 3. The molecule has 0 amide bonds. The quantitative estimate of drug-likeness (QED) is 0.873. The molecule has 18 heavy (non-hydrogen) atoms. The van der Waals surface area contributed by atoms with Crippen LogP contribution in [0.5, 0.6) is 0 Å². The second kappa shape index (κ2) is 5.39. The Labute approximate surface area is 109 Å². The fourth-order valence-corrected chi connectivity index (χ4v) is 3.38. The second-order valence-corrected chi connectivity index (χ2v) is 5.83. The molecule has 4 heteroatoms. The molecule has 1 N–H and O–H groups in total. The number of rotatable bonds is 2. The van der Waals surface area contributed by atoms with Gasteiger partial charge >= 0.3 is 0 Å². The van der Waals surface area contributed by atoms with Crippen molar-refractivity contribution in [1.82, 2.24) is 20.1 Å². The minimum absolute atomic E-state index is 0.564. The van der Waals surface area contributed by atoms with Crippen LogP contribution in [0.3, 0.4) is 0 Å². The van der Waals surface area contributed by atoms with Crippen molar-refractivity contribution in [1.29, 1.82) is 0 Å². The third-order valence-corrected chi connectivity index (χ3v) is 4.45. The highest BCUT2D eigenvalue weighted by atomic mass is 15.3. The number of nitrogens with one attached hydrogen (secondary N) is 1. The van der Waals surface area contributed by atoms with Crippen LogP contribution in [0, 0.1) is 0 Å². The van der Waals surface area contributed by atoms with Gasteiger partial charge in [-0.1, -0.05) is 19.3 Å². The van der Waals surface area contributed by atoms with Crippen molar-refractivity contribution in [2.24, 2.45) is 7.05 Å². The van der Waals surface area contributed by atoms with E-state index in [0.29, 0.717) is 11.8 Å². The van der Waals surface area contributed by atoms with Crippen molar-refractivity contribution in [2.75, 3.05) is 13.1 Å². The van der Waals surface area contributed by atoms with Crippen LogP contribution >= 0.6 is 0 Å². The van der Waals surface area contributed by atoms with Gasteiger partial charge in [-0.05, 0) is 32.2 Å². The van der Waals surface area contributed by atoms with Crippen LogP contribution in [0.25, 0.3) is 0 Å². The van der Waals surface area contributed by atoms with E-state index in [1.807, 2.05) is 4.68 Å². The van der Waals surface area contributed by atoms with Crippen LogP contribution in [0.4, 0.5) is 0 Å². The summed E-state index contributed by atoms with van der Waals surface area (Å²) in [5, 5.41) is 8.16. The van der Waals surface area contributed by atoms with Gasteiger partial charge in [0.15, 0.2) is 5.82 Å². The molecule has 1 aromatic rings. The third-order valence-electron chi connectivity index (χ3n) is 4.45. The molecular weight excluding hydrogens is 224 g/mol. The van der Waals surface area contributed by atoms with Gasteiger partial charge in [-0.25, -0.2) is 4.98 Å². The SMILES string of the molecule is Cn1nc(C2CCCCC2)nc1C1CCCNC1. The topological polar surface area (TPSA) is 42.7 Å². The van der Waals surface area contributed by atoms with Gasteiger partial charge in [-0.15, -0.1) is 0 Å². The minimum Gasteiger partial charge on any atom is -0.316 e. The summed E-state index contributed by atoms with van der Waals surface area (Å²) in [5.41, 5.74) is 0. The maximum Gasteiger partial charge on any atom is 0.154 e. The van der Waals surface area contributed by atoms with Crippen LogP contribution in [-0.2, 0) is 7.05 Å². The molecule has 0 spiro atoms. The van der Waals surface area contributed by atoms with E-state index < -0.39 is 0 Å². The van der Waals surface area contributed by atoms with Crippen molar-refractivity contribution < 1.29 is 0 Å². The molecule has 2 fully saturated rings. The zero-order chi connectivity index (χ0) is 12.4. The first-order chi connectivity index (χ1) is 8.84. The Balaban J connectivity index is 1.76. The van der Waals surface area contributed by atoms with Crippen LogP contribution in [0.15, 0.2) is 0 Å². The smallest absolute Gasteiger partial charge is 0.154 e. The maximum absolute atomic E-state index is 4.87. The molecule has 3 rings (SSSR count). The number of aryl methyl sites for hydroxylation is 1. The monoisotopic (exact) mass is 248 g/mol. The first kappa shape index (κ1) is 12.2. The standard InChI is InChI=1S/C14H24N4/c1-18-14(12-8-5-9-15-10-12)16-13(17-18)11-6-3-2-4-7-11/h11-12,15H,2-10H2,1H3. The van der Waals surface area contributed by atoms with E-state index in [1.165, 1.54) is 50.8 Å². The zero-order valence-electron chi connectivity index (χ0n) is 11.4. The predicted molar refractivity (Wildman–Crippen MR) is 71.7 cm³/mol. The van der Waals surface area contributed by atoms with Gasteiger partial charge in [-0.2, -0.15) is 5.10 Å². The number of hydrogen-bond donors (Lipinski definition) is 1. The Morgan fingerprint density at radius 2 is 1.83 bits per heavy atom. The molecule has 0 aromatic carbocycles. The molecule has 1 aliphatic carbocycles. The van der Waals surface area contributed by atoms with E-state index in [0.717, 1.165) is 18.9 Å². The molecule has 0 radical (unpaired) electrons. The van der Waals surface area contributed by atoms with Gasteiger partial charge < -0.3 is 5.32 Å². The summed E-state index contributed by atoms with van der Waals surface area (Å²) in [6, 6.07) is 0. The van der Waals surface area contributed by atoms with E-state index in [9.17, 15) is 0 Å². The predicted octanol–water partition coefficient (Wildman–Crippen LogP) is 2.33. The van der Waals surface area contributed by atoms with Crippen molar-refractivity contribution in [2.45, 2.75) is 56.8 Å². The largest absolute Gasteiger partial charge is 0.316 e. The lowest BCUT2D eigenvalue weighted by Crippen LogP contribution is -2.29. The van der Waals surface area contributed by atoms with Crippen LogP contribution < -0.4 is 5.32 Å². The Hall–Kier alpha value is -0.900. The molecule has 2 aliphatic rings. The summed E-state index contributed by atoms with van der Waals surface area (Å²) in [6.45, 7) is 2.22. The normalized spacial score (nSPS) is 26.4. The summed E-state index contributed by atoms with van der Waals surface area (Å²) in [6.07, 6.45) is 9.17. The summed E-state index contributed by atoms with van der Waals surface area (Å²) < 4.78 is 2.03. The summed E-state index contributed by atoms with van der Waals surface area (Å²) in [5.74, 6) is 3.49. The Bertz CT molecular complexity index is 386. The highest BCUT2D eigenvalue weighted by Crippen LogP contribution is 2.32. The number of piperidine rings is 1. The van der Waals surface area contributed by atoms with E-state index in [1.54, 1.807) is 0 Å². The molecule has 1 atom stereocenters. The molecule has 1 aromatic heterocycles. The molecule has 1 saturated carbocycles. The average Bonchev–Trinajstić information content (AvgIpc) is 2.83. The van der Waals surface area contributed by atoms with Crippen molar-refractivity contribution in [3.8, 4) is 0 Å². The van der Waals surface area contributed by atoms with E-state index >= 15 is 0 Å². The molecule has 1 unspecified atom stereocenters. The molecular formula is C14H24N4. The van der Waals surface area contributed by atoms with Crippen molar-refractivity contribution in [3.05, 3.63) is 11.6 Å². The summed E-state index contributed by atoms with van der Waals surface area (Å²) in [4.78, 5) is 4.87. The Morgan fingerprint density at radius 3 is 2.56 bits per heavy atom.